The van der Waals surface area contributed by atoms with Crippen LogP contribution in [0.4, 0.5) is 0 Å². The Morgan fingerprint density at radius 3 is 2.89 bits per heavy atom. The maximum atomic E-state index is 11.0. The number of aromatic nitrogens is 1. The SMILES string of the molecule is CCNC1CCC(O)(C2CCc3cccnc32)CC1. The van der Waals surface area contributed by atoms with Crippen LogP contribution in [0.15, 0.2) is 18.3 Å². The number of nitrogens with one attached hydrogen (secondary N) is 1. The number of hydrogen-bond donors (Lipinski definition) is 2. The van der Waals surface area contributed by atoms with Crippen LogP contribution in [0, 0.1) is 0 Å². The van der Waals surface area contributed by atoms with E-state index < -0.39 is 5.60 Å². The average molecular weight is 260 g/mol. The largest absolute Gasteiger partial charge is 0.389 e. The van der Waals surface area contributed by atoms with Crippen molar-refractivity contribution in [3.05, 3.63) is 29.6 Å². The van der Waals surface area contributed by atoms with Crippen molar-refractivity contribution < 1.29 is 5.11 Å². The molecule has 0 amide bonds. The van der Waals surface area contributed by atoms with E-state index in [1.807, 2.05) is 12.3 Å². The Hall–Kier alpha value is -0.930. The Labute approximate surface area is 115 Å². The van der Waals surface area contributed by atoms with Crippen LogP contribution in [0.25, 0.3) is 0 Å². The molecule has 104 valence electrons. The molecule has 0 saturated heterocycles. The van der Waals surface area contributed by atoms with Gasteiger partial charge in [-0.3, -0.25) is 4.98 Å². The van der Waals surface area contributed by atoms with Crippen LogP contribution in [0.1, 0.15) is 56.2 Å². The molecule has 3 heteroatoms. The summed E-state index contributed by atoms with van der Waals surface area (Å²) in [6.07, 6.45) is 8.00. The number of nitrogens with zero attached hydrogens (tertiary/aromatic N) is 1. The van der Waals surface area contributed by atoms with E-state index >= 15 is 0 Å². The lowest BCUT2D eigenvalue weighted by Gasteiger charge is -2.40. The van der Waals surface area contributed by atoms with E-state index in [1.165, 1.54) is 5.56 Å². The minimum absolute atomic E-state index is 0.256. The number of aryl methyl sites for hydroxylation is 1. The molecule has 3 rings (SSSR count). The Balaban J connectivity index is 1.73. The molecule has 2 aliphatic rings. The topological polar surface area (TPSA) is 45.1 Å². The molecule has 0 aromatic carbocycles. The van der Waals surface area contributed by atoms with Gasteiger partial charge in [-0.2, -0.15) is 0 Å². The molecule has 1 atom stereocenters. The Kier molecular flexibility index (Phi) is 3.59. The van der Waals surface area contributed by atoms with E-state index in [9.17, 15) is 5.11 Å². The van der Waals surface area contributed by atoms with Crippen molar-refractivity contribution >= 4 is 0 Å². The first-order chi connectivity index (χ1) is 9.23. The normalized spacial score (nSPS) is 34.2. The minimum Gasteiger partial charge on any atom is -0.389 e. The summed E-state index contributed by atoms with van der Waals surface area (Å²) in [5, 5.41) is 14.5. The predicted molar refractivity (Wildman–Crippen MR) is 76.2 cm³/mol. The van der Waals surface area contributed by atoms with Crippen LogP contribution < -0.4 is 5.32 Å². The molecule has 0 aliphatic heterocycles. The van der Waals surface area contributed by atoms with Crippen molar-refractivity contribution in [1.82, 2.24) is 10.3 Å². The van der Waals surface area contributed by atoms with Crippen molar-refractivity contribution in [1.29, 1.82) is 0 Å². The van der Waals surface area contributed by atoms with Crippen molar-refractivity contribution in [2.45, 2.75) is 63.0 Å². The highest BCUT2D eigenvalue weighted by Crippen LogP contribution is 2.45. The zero-order valence-corrected chi connectivity index (χ0v) is 11.7. The first kappa shape index (κ1) is 13.1. The lowest BCUT2D eigenvalue weighted by molar-refractivity contribution is -0.0287. The smallest absolute Gasteiger partial charge is 0.0732 e. The van der Waals surface area contributed by atoms with Gasteiger partial charge in [0, 0.05) is 23.9 Å². The van der Waals surface area contributed by atoms with E-state index in [-0.39, 0.29) is 5.92 Å². The fourth-order valence-electron chi connectivity index (χ4n) is 3.89. The highest BCUT2D eigenvalue weighted by atomic mass is 16.3. The number of fused-ring (bicyclic) bond motifs is 1. The second-order valence-corrected chi connectivity index (χ2v) is 6.07. The third kappa shape index (κ3) is 2.41. The number of rotatable bonds is 3. The summed E-state index contributed by atoms with van der Waals surface area (Å²) < 4.78 is 0. The lowest BCUT2D eigenvalue weighted by Crippen LogP contribution is -2.44. The first-order valence-corrected chi connectivity index (χ1v) is 7.62. The van der Waals surface area contributed by atoms with E-state index in [1.54, 1.807) is 0 Å². The highest BCUT2D eigenvalue weighted by molar-refractivity contribution is 5.31. The van der Waals surface area contributed by atoms with Gasteiger partial charge in [-0.1, -0.05) is 13.0 Å². The molecule has 1 unspecified atom stereocenters. The standard InChI is InChI=1S/C16H24N2O/c1-2-17-13-7-9-16(19,10-8-13)14-6-5-12-4-3-11-18-15(12)14/h3-4,11,13-14,17,19H,2,5-10H2,1H3. The van der Waals surface area contributed by atoms with E-state index in [4.69, 9.17) is 0 Å². The van der Waals surface area contributed by atoms with Crippen molar-refractivity contribution in [3.8, 4) is 0 Å². The maximum Gasteiger partial charge on any atom is 0.0732 e. The molecule has 0 radical (unpaired) electrons. The summed E-state index contributed by atoms with van der Waals surface area (Å²) in [7, 11) is 0. The minimum atomic E-state index is -0.522. The van der Waals surface area contributed by atoms with Crippen molar-refractivity contribution in [2.75, 3.05) is 6.54 Å². The van der Waals surface area contributed by atoms with Crippen LogP contribution in [-0.4, -0.2) is 28.3 Å². The summed E-state index contributed by atoms with van der Waals surface area (Å²) in [6.45, 7) is 3.18. The molecule has 1 fully saturated rings. The molecule has 1 aromatic rings. The summed E-state index contributed by atoms with van der Waals surface area (Å²) in [6, 6.07) is 4.76. The molecule has 2 N–H and O–H groups in total. The number of hydrogen-bond acceptors (Lipinski definition) is 3. The Bertz CT molecular complexity index is 438. The van der Waals surface area contributed by atoms with Crippen LogP contribution in [0.3, 0.4) is 0 Å². The molecule has 0 spiro atoms. The fraction of sp³-hybridized carbons (Fsp3) is 0.688. The molecule has 1 aromatic heterocycles. The monoisotopic (exact) mass is 260 g/mol. The summed E-state index contributed by atoms with van der Waals surface area (Å²) >= 11 is 0. The quantitative estimate of drug-likeness (QED) is 0.877. The predicted octanol–water partition coefficient (Wildman–Crippen LogP) is 2.39. The van der Waals surface area contributed by atoms with Gasteiger partial charge in [0.1, 0.15) is 0 Å². The second kappa shape index (κ2) is 5.22. The first-order valence-electron chi connectivity index (χ1n) is 7.62. The van der Waals surface area contributed by atoms with Gasteiger partial charge in [0.25, 0.3) is 0 Å². The van der Waals surface area contributed by atoms with Gasteiger partial charge in [0.05, 0.1) is 5.60 Å². The Morgan fingerprint density at radius 1 is 1.37 bits per heavy atom. The number of aliphatic hydroxyl groups is 1. The molecule has 2 aliphatic carbocycles. The molecule has 3 nitrogen and oxygen atoms in total. The number of pyridine rings is 1. The summed E-state index contributed by atoms with van der Waals surface area (Å²) in [4.78, 5) is 4.54. The average Bonchev–Trinajstić information content (AvgIpc) is 2.86. The van der Waals surface area contributed by atoms with E-state index in [2.05, 4.69) is 23.3 Å². The van der Waals surface area contributed by atoms with Crippen LogP contribution in [0.5, 0.6) is 0 Å². The summed E-state index contributed by atoms with van der Waals surface area (Å²) in [5.41, 5.74) is 1.98. The molecular weight excluding hydrogens is 236 g/mol. The van der Waals surface area contributed by atoms with Gasteiger partial charge in [0.2, 0.25) is 0 Å². The molecular formula is C16H24N2O. The van der Waals surface area contributed by atoms with Gasteiger partial charge >= 0.3 is 0 Å². The molecule has 19 heavy (non-hydrogen) atoms. The highest BCUT2D eigenvalue weighted by Gasteiger charge is 2.44. The third-order valence-corrected chi connectivity index (χ3v) is 4.95. The Morgan fingerprint density at radius 2 is 2.16 bits per heavy atom. The molecule has 1 saturated carbocycles. The zero-order valence-electron chi connectivity index (χ0n) is 11.7. The lowest BCUT2D eigenvalue weighted by atomic mass is 9.73. The van der Waals surface area contributed by atoms with Gasteiger partial charge in [-0.25, -0.2) is 0 Å². The van der Waals surface area contributed by atoms with Crippen molar-refractivity contribution in [2.24, 2.45) is 0 Å². The molecule has 1 heterocycles. The molecule has 0 bridgehead atoms. The van der Waals surface area contributed by atoms with Crippen LogP contribution in [-0.2, 0) is 6.42 Å². The van der Waals surface area contributed by atoms with Gasteiger partial charge in [-0.05, 0) is 56.7 Å². The van der Waals surface area contributed by atoms with E-state index in [0.29, 0.717) is 6.04 Å². The van der Waals surface area contributed by atoms with Crippen molar-refractivity contribution in [3.63, 3.8) is 0 Å². The zero-order chi connectivity index (χ0) is 13.3. The summed E-state index contributed by atoms with van der Waals surface area (Å²) in [5.74, 6) is 0.256. The van der Waals surface area contributed by atoms with Crippen LogP contribution in [0.2, 0.25) is 0 Å². The third-order valence-electron chi connectivity index (χ3n) is 4.95. The fourth-order valence-corrected chi connectivity index (χ4v) is 3.89. The van der Waals surface area contributed by atoms with Gasteiger partial charge in [0.15, 0.2) is 0 Å². The van der Waals surface area contributed by atoms with E-state index in [0.717, 1.165) is 50.8 Å². The maximum absolute atomic E-state index is 11.0. The van der Waals surface area contributed by atoms with Crippen LogP contribution >= 0.6 is 0 Å². The van der Waals surface area contributed by atoms with Gasteiger partial charge in [-0.15, -0.1) is 0 Å². The van der Waals surface area contributed by atoms with Gasteiger partial charge < -0.3 is 10.4 Å². The second-order valence-electron chi connectivity index (χ2n) is 6.07.